The van der Waals surface area contributed by atoms with Crippen molar-refractivity contribution in [1.29, 1.82) is 0 Å². The van der Waals surface area contributed by atoms with Crippen LogP contribution < -0.4 is 5.73 Å². The first kappa shape index (κ1) is 16.6. The lowest BCUT2D eigenvalue weighted by molar-refractivity contribution is 0.0752. The number of benzene rings is 1. The van der Waals surface area contributed by atoms with Crippen LogP contribution in [0.15, 0.2) is 23.1 Å². The summed E-state index contributed by atoms with van der Waals surface area (Å²) in [7, 11) is -3.70. The summed E-state index contributed by atoms with van der Waals surface area (Å²) in [5, 5.41) is 0.160. The number of hydrogen-bond donors (Lipinski definition) is 1. The third-order valence-electron chi connectivity index (χ3n) is 3.25. The number of nitrogens with zero attached hydrogens (tertiary/aromatic N) is 1. The molecule has 0 bridgehead atoms. The van der Waals surface area contributed by atoms with E-state index in [-0.39, 0.29) is 21.0 Å². The first-order valence-corrected chi connectivity index (χ1v) is 8.76. The van der Waals surface area contributed by atoms with Crippen molar-refractivity contribution in [2.75, 3.05) is 19.7 Å². The molecule has 2 N–H and O–H groups in total. The third-order valence-corrected chi connectivity index (χ3v) is 5.83. The van der Waals surface area contributed by atoms with Crippen molar-refractivity contribution in [3.8, 4) is 0 Å². The Morgan fingerprint density at radius 1 is 1.52 bits per heavy atom. The van der Waals surface area contributed by atoms with Crippen LogP contribution in [-0.4, -0.2) is 43.5 Å². The minimum absolute atomic E-state index is 0.0311. The lowest BCUT2D eigenvalue weighted by Gasteiger charge is -2.22. The zero-order chi connectivity index (χ0) is 15.6. The molecule has 116 valence electrons. The zero-order valence-corrected chi connectivity index (χ0v) is 14.0. The van der Waals surface area contributed by atoms with Gasteiger partial charge in [0.05, 0.1) is 11.1 Å². The average molecular weight is 349 g/mol. The molecule has 21 heavy (non-hydrogen) atoms. The van der Waals surface area contributed by atoms with E-state index in [2.05, 4.69) is 0 Å². The number of rotatable bonds is 3. The fourth-order valence-corrected chi connectivity index (χ4v) is 4.35. The highest BCUT2D eigenvalue weighted by Gasteiger charge is 2.29. The van der Waals surface area contributed by atoms with E-state index in [0.717, 1.165) is 0 Å². The largest absolute Gasteiger partial charge is 0.389 e. The molecule has 1 aliphatic rings. The van der Waals surface area contributed by atoms with Crippen LogP contribution >= 0.6 is 23.8 Å². The molecule has 1 saturated heterocycles. The van der Waals surface area contributed by atoms with E-state index in [1.165, 1.54) is 16.4 Å². The van der Waals surface area contributed by atoms with Crippen molar-refractivity contribution in [2.24, 2.45) is 5.73 Å². The van der Waals surface area contributed by atoms with E-state index in [1.54, 1.807) is 6.07 Å². The van der Waals surface area contributed by atoms with Gasteiger partial charge in [-0.1, -0.05) is 29.9 Å². The molecule has 0 amide bonds. The Morgan fingerprint density at radius 2 is 2.24 bits per heavy atom. The molecule has 1 heterocycles. The normalized spacial score (nSPS) is 21.0. The highest BCUT2D eigenvalue weighted by atomic mass is 35.5. The van der Waals surface area contributed by atoms with Gasteiger partial charge in [-0.15, -0.1) is 0 Å². The quantitative estimate of drug-likeness (QED) is 0.843. The molecule has 1 unspecified atom stereocenters. The van der Waals surface area contributed by atoms with Crippen molar-refractivity contribution in [1.82, 2.24) is 4.31 Å². The van der Waals surface area contributed by atoms with Crippen LogP contribution in [0.2, 0.25) is 5.02 Å². The van der Waals surface area contributed by atoms with E-state index in [1.807, 2.05) is 6.92 Å². The molecule has 0 spiro atoms. The first-order chi connectivity index (χ1) is 9.82. The molecule has 5 nitrogen and oxygen atoms in total. The van der Waals surface area contributed by atoms with Gasteiger partial charge >= 0.3 is 0 Å². The van der Waals surface area contributed by atoms with Crippen molar-refractivity contribution in [3.63, 3.8) is 0 Å². The fraction of sp³-hybridized carbons (Fsp3) is 0.462. The fourth-order valence-electron chi connectivity index (χ4n) is 2.17. The molecule has 8 heteroatoms. The Morgan fingerprint density at radius 3 is 2.90 bits per heavy atom. The van der Waals surface area contributed by atoms with Crippen LogP contribution in [0.5, 0.6) is 0 Å². The predicted molar refractivity (Wildman–Crippen MR) is 86.1 cm³/mol. The number of hydrogen-bond acceptors (Lipinski definition) is 4. The van der Waals surface area contributed by atoms with Crippen LogP contribution in [0.4, 0.5) is 0 Å². The van der Waals surface area contributed by atoms with Crippen LogP contribution in [0, 0.1) is 0 Å². The second-order valence-electron chi connectivity index (χ2n) is 4.91. The molecule has 1 atom stereocenters. The van der Waals surface area contributed by atoms with Gasteiger partial charge < -0.3 is 10.5 Å². The summed E-state index contributed by atoms with van der Waals surface area (Å²) in [5.74, 6) is 0. The topological polar surface area (TPSA) is 72.6 Å². The van der Waals surface area contributed by atoms with Crippen molar-refractivity contribution < 1.29 is 13.2 Å². The van der Waals surface area contributed by atoms with Crippen LogP contribution in [0.25, 0.3) is 0 Å². The van der Waals surface area contributed by atoms with E-state index < -0.39 is 10.0 Å². The number of halogens is 1. The van der Waals surface area contributed by atoms with Gasteiger partial charge in [0.2, 0.25) is 10.0 Å². The van der Waals surface area contributed by atoms with Crippen LogP contribution in [0.1, 0.15) is 18.9 Å². The lowest BCUT2D eigenvalue weighted by Crippen LogP contribution is -2.36. The van der Waals surface area contributed by atoms with E-state index in [0.29, 0.717) is 31.7 Å². The van der Waals surface area contributed by atoms with Crippen LogP contribution in [0.3, 0.4) is 0 Å². The minimum atomic E-state index is -3.70. The number of thiocarbonyl (C=S) groups is 1. The second kappa shape index (κ2) is 6.58. The van der Waals surface area contributed by atoms with Crippen molar-refractivity contribution in [3.05, 3.63) is 28.8 Å². The highest BCUT2D eigenvalue weighted by Crippen LogP contribution is 2.27. The number of nitrogens with two attached hydrogens (primary N) is 1. The Labute approximate surface area is 135 Å². The van der Waals surface area contributed by atoms with Crippen molar-refractivity contribution in [2.45, 2.75) is 24.3 Å². The maximum absolute atomic E-state index is 12.8. The summed E-state index contributed by atoms with van der Waals surface area (Å²) in [4.78, 5) is 0.166. The molecule has 0 aliphatic carbocycles. The van der Waals surface area contributed by atoms with E-state index in [4.69, 9.17) is 34.3 Å². The Hall–Kier alpha value is -0.730. The summed E-state index contributed by atoms with van der Waals surface area (Å²) in [6.07, 6.45) is 0.496. The summed E-state index contributed by atoms with van der Waals surface area (Å²) < 4.78 is 32.4. The van der Waals surface area contributed by atoms with Gasteiger partial charge in [-0.25, -0.2) is 8.42 Å². The van der Waals surface area contributed by atoms with Gasteiger partial charge in [-0.3, -0.25) is 0 Å². The molecule has 0 aromatic heterocycles. The Bertz CT molecular complexity index is 649. The van der Waals surface area contributed by atoms with Gasteiger partial charge in [-0.05, 0) is 25.5 Å². The highest BCUT2D eigenvalue weighted by molar-refractivity contribution is 7.89. The number of sulfonamides is 1. The monoisotopic (exact) mass is 348 g/mol. The van der Waals surface area contributed by atoms with Gasteiger partial charge in [0.1, 0.15) is 9.88 Å². The van der Waals surface area contributed by atoms with E-state index in [9.17, 15) is 8.42 Å². The molecule has 1 fully saturated rings. The van der Waals surface area contributed by atoms with Gasteiger partial charge in [0.15, 0.2) is 0 Å². The molecule has 1 aromatic carbocycles. The first-order valence-electron chi connectivity index (χ1n) is 6.53. The SMILES string of the molecule is CC1CN(S(=O)(=O)c2cc(C(N)=S)ccc2Cl)CCCO1. The molecular weight excluding hydrogens is 332 g/mol. The zero-order valence-electron chi connectivity index (χ0n) is 11.6. The molecule has 1 aromatic rings. The minimum Gasteiger partial charge on any atom is -0.389 e. The molecule has 2 rings (SSSR count). The lowest BCUT2D eigenvalue weighted by atomic mass is 10.2. The summed E-state index contributed by atoms with van der Waals surface area (Å²) >= 11 is 11.0. The standard InChI is InChI=1S/C13H17ClN2O3S2/c1-9-8-16(5-2-6-19-9)21(17,18)12-7-10(13(15)20)3-4-11(12)14/h3-4,7,9H,2,5-6,8H2,1H3,(H2,15,20). The maximum atomic E-state index is 12.8. The second-order valence-corrected chi connectivity index (χ2v) is 7.66. The predicted octanol–water partition coefficient (Wildman–Crippen LogP) is 1.77. The van der Waals surface area contributed by atoms with Gasteiger partial charge in [-0.2, -0.15) is 4.31 Å². The van der Waals surface area contributed by atoms with Crippen LogP contribution in [-0.2, 0) is 14.8 Å². The summed E-state index contributed by atoms with van der Waals surface area (Å²) in [6, 6.07) is 4.54. The number of ether oxygens (including phenoxy) is 1. The summed E-state index contributed by atoms with van der Waals surface area (Å²) in [5.41, 5.74) is 6.04. The molecule has 0 radical (unpaired) electrons. The maximum Gasteiger partial charge on any atom is 0.244 e. The Balaban J connectivity index is 2.43. The van der Waals surface area contributed by atoms with Gasteiger partial charge in [0.25, 0.3) is 0 Å². The van der Waals surface area contributed by atoms with Crippen molar-refractivity contribution >= 4 is 38.8 Å². The van der Waals surface area contributed by atoms with E-state index >= 15 is 0 Å². The average Bonchev–Trinajstić information content (AvgIpc) is 2.64. The smallest absolute Gasteiger partial charge is 0.244 e. The third kappa shape index (κ3) is 3.73. The van der Waals surface area contributed by atoms with Gasteiger partial charge in [0, 0.05) is 25.3 Å². The molecular formula is C13H17ClN2O3S2. The Kier molecular flexibility index (Phi) is 5.21. The molecule has 1 aliphatic heterocycles. The molecule has 0 saturated carbocycles. The summed E-state index contributed by atoms with van der Waals surface area (Å²) in [6.45, 7) is 3.10.